The first-order chi connectivity index (χ1) is 12.1. The minimum absolute atomic E-state index is 0.0115. The number of halogens is 1. The molecule has 1 aromatic heterocycles. The van der Waals surface area contributed by atoms with Gasteiger partial charge in [0.05, 0.1) is 24.7 Å². The van der Waals surface area contributed by atoms with Crippen LogP contribution in [0.4, 0.5) is 0 Å². The van der Waals surface area contributed by atoms with Gasteiger partial charge in [-0.2, -0.15) is 0 Å². The van der Waals surface area contributed by atoms with Gasteiger partial charge in [-0.25, -0.2) is 0 Å². The molecule has 1 unspecified atom stereocenters. The average molecular weight is 361 g/mol. The SMILES string of the molecule is COc1c2c(cc3oc4ccc(Cl)c(O)c4c(=O)c13)O[C@@H]1OCCC21. The lowest BCUT2D eigenvalue weighted by molar-refractivity contribution is -0.0337. The second kappa shape index (κ2) is 5.03. The molecule has 0 amide bonds. The monoisotopic (exact) mass is 360 g/mol. The first-order valence-corrected chi connectivity index (χ1v) is 8.25. The van der Waals surface area contributed by atoms with E-state index in [0.717, 1.165) is 12.0 Å². The lowest BCUT2D eigenvalue weighted by Crippen LogP contribution is -2.14. The van der Waals surface area contributed by atoms with Gasteiger partial charge >= 0.3 is 0 Å². The quantitative estimate of drug-likeness (QED) is 0.669. The second-order valence-corrected chi connectivity index (χ2v) is 6.55. The van der Waals surface area contributed by atoms with Crippen molar-refractivity contribution < 1.29 is 23.7 Å². The van der Waals surface area contributed by atoms with Gasteiger partial charge in [0, 0.05) is 11.6 Å². The fraction of sp³-hybridized carbons (Fsp3) is 0.278. The second-order valence-electron chi connectivity index (χ2n) is 6.15. The molecule has 0 saturated carbocycles. The van der Waals surface area contributed by atoms with Gasteiger partial charge in [-0.15, -0.1) is 0 Å². The lowest BCUT2D eigenvalue weighted by Gasteiger charge is -2.13. The van der Waals surface area contributed by atoms with Crippen molar-refractivity contribution in [1.82, 2.24) is 0 Å². The van der Waals surface area contributed by atoms with Gasteiger partial charge in [-0.1, -0.05) is 11.6 Å². The summed E-state index contributed by atoms with van der Waals surface area (Å²) in [4.78, 5) is 13.1. The molecule has 0 radical (unpaired) electrons. The van der Waals surface area contributed by atoms with E-state index in [0.29, 0.717) is 23.7 Å². The predicted octanol–water partition coefficient (Wildman–Crippen LogP) is 3.54. The van der Waals surface area contributed by atoms with Crippen LogP contribution in [-0.2, 0) is 4.74 Å². The third-order valence-electron chi connectivity index (χ3n) is 4.87. The van der Waals surface area contributed by atoms with E-state index < -0.39 is 5.43 Å². The summed E-state index contributed by atoms with van der Waals surface area (Å²) in [5, 5.41) is 10.6. The van der Waals surface area contributed by atoms with Crippen LogP contribution in [0, 0.1) is 0 Å². The van der Waals surface area contributed by atoms with Crippen molar-refractivity contribution >= 4 is 33.5 Å². The Bertz CT molecular complexity index is 1100. The molecule has 7 heteroatoms. The fourth-order valence-electron chi connectivity index (χ4n) is 3.76. The molecule has 1 fully saturated rings. The van der Waals surface area contributed by atoms with Crippen LogP contribution in [0.5, 0.6) is 17.2 Å². The summed E-state index contributed by atoms with van der Waals surface area (Å²) in [5.74, 6) is 0.716. The standard InChI is InChI=1S/C18H13ClO6/c1-22-17-12-7-4-5-23-18(7)25-10(12)6-11-14(17)16(21)13-9(24-11)3-2-8(19)15(13)20/h2-3,6-7,18,20H,4-5H2,1H3/t7?,18-/m0/s1. The van der Waals surface area contributed by atoms with E-state index in [1.54, 1.807) is 12.1 Å². The van der Waals surface area contributed by atoms with E-state index in [9.17, 15) is 9.90 Å². The van der Waals surface area contributed by atoms with E-state index in [2.05, 4.69) is 0 Å². The average Bonchev–Trinajstić information content (AvgIpc) is 3.17. The number of phenols is 1. The van der Waals surface area contributed by atoms with Gasteiger partial charge < -0.3 is 23.7 Å². The molecule has 1 saturated heterocycles. The molecule has 3 heterocycles. The van der Waals surface area contributed by atoms with Crippen molar-refractivity contribution in [3.63, 3.8) is 0 Å². The normalized spacial score (nSPS) is 21.4. The maximum atomic E-state index is 13.1. The lowest BCUT2D eigenvalue weighted by atomic mass is 9.95. The highest BCUT2D eigenvalue weighted by molar-refractivity contribution is 6.33. The zero-order valence-corrected chi connectivity index (χ0v) is 13.9. The van der Waals surface area contributed by atoms with Gasteiger partial charge in [-0.3, -0.25) is 4.79 Å². The van der Waals surface area contributed by atoms with Crippen LogP contribution >= 0.6 is 11.6 Å². The zero-order valence-electron chi connectivity index (χ0n) is 13.2. The maximum absolute atomic E-state index is 13.1. The number of benzene rings is 2. The molecule has 25 heavy (non-hydrogen) atoms. The summed E-state index contributed by atoms with van der Waals surface area (Å²) in [6, 6.07) is 4.71. The van der Waals surface area contributed by atoms with Crippen LogP contribution in [0.1, 0.15) is 17.9 Å². The predicted molar refractivity (Wildman–Crippen MR) is 90.9 cm³/mol. The van der Waals surface area contributed by atoms with E-state index in [1.165, 1.54) is 13.2 Å². The van der Waals surface area contributed by atoms with Crippen molar-refractivity contribution in [3.8, 4) is 17.2 Å². The molecule has 0 bridgehead atoms. The highest BCUT2D eigenvalue weighted by Gasteiger charge is 2.43. The van der Waals surface area contributed by atoms with E-state index in [-0.39, 0.29) is 39.3 Å². The summed E-state index contributed by atoms with van der Waals surface area (Å²) < 4.78 is 22.8. The number of phenolic OH excluding ortho intramolecular Hbond substituents is 1. The Kier molecular flexibility index (Phi) is 2.99. The fourth-order valence-corrected chi connectivity index (χ4v) is 3.92. The Hall–Kier alpha value is -2.44. The Morgan fingerprint density at radius 3 is 2.92 bits per heavy atom. The molecular formula is C18H13ClO6. The number of ether oxygens (including phenoxy) is 3. The molecule has 2 aromatic carbocycles. The summed E-state index contributed by atoms with van der Waals surface area (Å²) >= 11 is 5.95. The summed E-state index contributed by atoms with van der Waals surface area (Å²) in [6.07, 6.45) is 0.420. The molecule has 6 nitrogen and oxygen atoms in total. The number of aromatic hydroxyl groups is 1. The Balaban J connectivity index is 1.94. The van der Waals surface area contributed by atoms with E-state index >= 15 is 0 Å². The highest BCUT2D eigenvalue weighted by Crippen LogP contribution is 2.51. The molecule has 2 atom stereocenters. The number of hydrogen-bond acceptors (Lipinski definition) is 6. The van der Waals surface area contributed by atoms with Gasteiger partial charge in [0.2, 0.25) is 11.7 Å². The number of rotatable bonds is 1. The van der Waals surface area contributed by atoms with Crippen LogP contribution in [0.15, 0.2) is 27.4 Å². The summed E-state index contributed by atoms with van der Waals surface area (Å²) in [5.41, 5.74) is 0.995. The molecule has 0 aliphatic carbocycles. The first-order valence-electron chi connectivity index (χ1n) is 7.87. The molecule has 2 aliphatic heterocycles. The Morgan fingerprint density at radius 2 is 2.12 bits per heavy atom. The van der Waals surface area contributed by atoms with Crippen molar-refractivity contribution in [2.45, 2.75) is 18.6 Å². The Morgan fingerprint density at radius 1 is 1.28 bits per heavy atom. The summed E-state index contributed by atoms with van der Waals surface area (Å²) in [6.45, 7) is 0.596. The van der Waals surface area contributed by atoms with Crippen molar-refractivity contribution in [2.75, 3.05) is 13.7 Å². The highest BCUT2D eigenvalue weighted by atomic mass is 35.5. The largest absolute Gasteiger partial charge is 0.505 e. The van der Waals surface area contributed by atoms with Crippen LogP contribution in [-0.4, -0.2) is 25.1 Å². The Labute approximate surface area is 146 Å². The van der Waals surface area contributed by atoms with Crippen LogP contribution in [0.25, 0.3) is 21.9 Å². The summed E-state index contributed by atoms with van der Waals surface area (Å²) in [7, 11) is 1.50. The molecule has 3 aromatic rings. The van der Waals surface area contributed by atoms with Gasteiger partial charge in [0.1, 0.15) is 39.2 Å². The zero-order chi connectivity index (χ0) is 17.3. The first kappa shape index (κ1) is 14.9. The van der Waals surface area contributed by atoms with Crippen LogP contribution < -0.4 is 14.9 Å². The minimum Gasteiger partial charge on any atom is -0.505 e. The third kappa shape index (κ3) is 1.86. The smallest absolute Gasteiger partial charge is 0.208 e. The van der Waals surface area contributed by atoms with Crippen molar-refractivity contribution in [3.05, 3.63) is 39.0 Å². The molecule has 1 N–H and O–H groups in total. The third-order valence-corrected chi connectivity index (χ3v) is 5.17. The number of methoxy groups -OCH3 is 1. The molecular weight excluding hydrogens is 348 g/mol. The van der Waals surface area contributed by atoms with Gasteiger partial charge in [0.15, 0.2) is 0 Å². The van der Waals surface area contributed by atoms with Crippen LogP contribution in [0.2, 0.25) is 5.02 Å². The van der Waals surface area contributed by atoms with Gasteiger partial charge in [-0.05, 0) is 18.6 Å². The van der Waals surface area contributed by atoms with Gasteiger partial charge in [0.25, 0.3) is 0 Å². The minimum atomic E-state index is -0.390. The van der Waals surface area contributed by atoms with Crippen molar-refractivity contribution in [1.29, 1.82) is 0 Å². The van der Waals surface area contributed by atoms with Crippen LogP contribution in [0.3, 0.4) is 0 Å². The van der Waals surface area contributed by atoms with Crippen molar-refractivity contribution in [2.24, 2.45) is 0 Å². The molecule has 5 rings (SSSR count). The molecule has 2 aliphatic rings. The topological polar surface area (TPSA) is 78.1 Å². The number of hydrogen-bond donors (Lipinski definition) is 1. The van der Waals surface area contributed by atoms with E-state index in [4.69, 9.17) is 30.2 Å². The number of fused-ring (bicyclic) bond motifs is 5. The molecule has 0 spiro atoms. The maximum Gasteiger partial charge on any atom is 0.208 e. The van der Waals surface area contributed by atoms with E-state index in [1.807, 2.05) is 0 Å². The molecule has 128 valence electrons.